The monoisotopic (exact) mass is 355 g/mol. The average molecular weight is 355 g/mol. The Morgan fingerprint density at radius 2 is 1.88 bits per heavy atom. The number of hydrogen-bond acceptors (Lipinski definition) is 5. The minimum Gasteiger partial charge on any atom is -0.497 e. The zero-order chi connectivity index (χ0) is 18.7. The van der Waals surface area contributed by atoms with E-state index in [-0.39, 0.29) is 11.7 Å². The Kier molecular flexibility index (Phi) is 4.83. The van der Waals surface area contributed by atoms with Gasteiger partial charge in [-0.3, -0.25) is 10.1 Å². The SMILES string of the molecule is COc1ccc(OC)c(C2CC(c3ccc([N+](=O)[O-])cc3)=NC(=O)N2)c1. The van der Waals surface area contributed by atoms with Gasteiger partial charge in [0.15, 0.2) is 0 Å². The van der Waals surface area contributed by atoms with Crippen molar-refractivity contribution in [2.75, 3.05) is 14.2 Å². The van der Waals surface area contributed by atoms with Gasteiger partial charge in [-0.15, -0.1) is 0 Å². The number of nitrogens with zero attached hydrogens (tertiary/aromatic N) is 2. The van der Waals surface area contributed by atoms with Gasteiger partial charge >= 0.3 is 6.03 Å². The van der Waals surface area contributed by atoms with Crippen LogP contribution >= 0.6 is 0 Å². The summed E-state index contributed by atoms with van der Waals surface area (Å²) in [5, 5.41) is 13.6. The van der Waals surface area contributed by atoms with Crippen LogP contribution in [-0.4, -0.2) is 30.9 Å². The number of carbonyl (C=O) groups is 1. The van der Waals surface area contributed by atoms with Crippen LogP contribution in [0.1, 0.15) is 23.6 Å². The van der Waals surface area contributed by atoms with Crippen LogP contribution in [0.25, 0.3) is 0 Å². The molecular formula is C18H17N3O5. The van der Waals surface area contributed by atoms with Gasteiger partial charge in [-0.05, 0) is 35.9 Å². The minimum absolute atomic E-state index is 0.0133. The molecule has 0 aliphatic carbocycles. The molecule has 0 aromatic heterocycles. The highest BCUT2D eigenvalue weighted by Gasteiger charge is 2.26. The van der Waals surface area contributed by atoms with Crippen LogP contribution in [0, 0.1) is 10.1 Å². The van der Waals surface area contributed by atoms with Gasteiger partial charge in [0.2, 0.25) is 0 Å². The Hall–Kier alpha value is -3.42. The number of nitrogens with one attached hydrogen (secondary N) is 1. The molecule has 0 bridgehead atoms. The molecule has 8 heteroatoms. The first-order chi connectivity index (χ1) is 12.5. The first-order valence-electron chi connectivity index (χ1n) is 7.86. The van der Waals surface area contributed by atoms with E-state index < -0.39 is 11.0 Å². The van der Waals surface area contributed by atoms with Crippen LogP contribution in [0.5, 0.6) is 11.5 Å². The molecule has 0 saturated carbocycles. The fraction of sp³-hybridized carbons (Fsp3) is 0.222. The summed E-state index contributed by atoms with van der Waals surface area (Å²) in [6, 6.07) is 10.5. The van der Waals surface area contributed by atoms with Crippen LogP contribution in [0.4, 0.5) is 10.5 Å². The van der Waals surface area contributed by atoms with Gasteiger partial charge < -0.3 is 14.8 Å². The number of nitro groups is 1. The van der Waals surface area contributed by atoms with E-state index in [9.17, 15) is 14.9 Å². The second kappa shape index (κ2) is 7.22. The number of carbonyl (C=O) groups excluding carboxylic acids is 1. The Morgan fingerprint density at radius 1 is 1.15 bits per heavy atom. The topological polar surface area (TPSA) is 103 Å². The van der Waals surface area contributed by atoms with E-state index in [1.807, 2.05) is 6.07 Å². The van der Waals surface area contributed by atoms with Crippen molar-refractivity contribution in [2.45, 2.75) is 12.5 Å². The lowest BCUT2D eigenvalue weighted by Gasteiger charge is -2.25. The van der Waals surface area contributed by atoms with Crippen molar-refractivity contribution < 1.29 is 19.2 Å². The zero-order valence-corrected chi connectivity index (χ0v) is 14.3. The highest BCUT2D eigenvalue weighted by atomic mass is 16.6. The summed E-state index contributed by atoms with van der Waals surface area (Å²) in [7, 11) is 3.12. The van der Waals surface area contributed by atoms with Crippen LogP contribution in [0.15, 0.2) is 47.5 Å². The fourth-order valence-electron chi connectivity index (χ4n) is 2.85. The average Bonchev–Trinajstić information content (AvgIpc) is 2.67. The third-order valence-electron chi connectivity index (χ3n) is 4.16. The maximum absolute atomic E-state index is 12.1. The standard InChI is InChI=1S/C18H17N3O5/c1-25-13-7-8-17(26-2)14(9-13)16-10-15(19-18(22)20-16)11-3-5-12(6-4-11)21(23)24/h3-9,16H,10H2,1-2H3,(H,20,22). The number of rotatable bonds is 5. The number of aliphatic imine (C=N–C) groups is 1. The third kappa shape index (κ3) is 3.49. The molecule has 1 unspecified atom stereocenters. The summed E-state index contributed by atoms with van der Waals surface area (Å²) in [5.41, 5.74) is 1.98. The number of hydrogen-bond donors (Lipinski definition) is 1. The van der Waals surface area contributed by atoms with Crippen molar-refractivity contribution >= 4 is 17.4 Å². The van der Waals surface area contributed by atoms with Gasteiger partial charge in [0, 0.05) is 24.1 Å². The quantitative estimate of drug-likeness (QED) is 0.655. The van der Waals surface area contributed by atoms with Crippen molar-refractivity contribution in [1.82, 2.24) is 5.32 Å². The number of ether oxygens (including phenoxy) is 2. The van der Waals surface area contributed by atoms with Crippen molar-refractivity contribution in [3.63, 3.8) is 0 Å². The zero-order valence-electron chi connectivity index (χ0n) is 14.3. The number of benzene rings is 2. The highest BCUT2D eigenvalue weighted by Crippen LogP contribution is 2.33. The summed E-state index contributed by atoms with van der Waals surface area (Å²) in [6.07, 6.45) is 0.424. The number of urea groups is 1. The Balaban J connectivity index is 1.93. The fourth-order valence-corrected chi connectivity index (χ4v) is 2.85. The Morgan fingerprint density at radius 3 is 2.50 bits per heavy atom. The van der Waals surface area contributed by atoms with Crippen molar-refractivity contribution in [3.8, 4) is 11.5 Å². The first kappa shape index (κ1) is 17.4. The molecule has 2 aromatic carbocycles. The lowest BCUT2D eigenvalue weighted by molar-refractivity contribution is -0.384. The molecule has 0 radical (unpaired) electrons. The van der Waals surface area contributed by atoms with E-state index in [4.69, 9.17) is 9.47 Å². The summed E-state index contributed by atoms with van der Waals surface area (Å²) in [5.74, 6) is 1.27. The Bertz CT molecular complexity index is 877. The third-order valence-corrected chi connectivity index (χ3v) is 4.16. The van der Waals surface area contributed by atoms with Gasteiger partial charge in [-0.1, -0.05) is 0 Å². The molecule has 2 amide bonds. The van der Waals surface area contributed by atoms with Crippen molar-refractivity contribution in [2.24, 2.45) is 4.99 Å². The van der Waals surface area contributed by atoms with Gasteiger partial charge in [0.1, 0.15) is 11.5 Å². The van der Waals surface area contributed by atoms with Crippen LogP contribution in [-0.2, 0) is 0 Å². The molecule has 3 rings (SSSR count). The van der Waals surface area contributed by atoms with E-state index in [0.717, 1.165) is 5.56 Å². The summed E-state index contributed by atoms with van der Waals surface area (Å²) in [4.78, 5) is 26.4. The van der Waals surface area contributed by atoms with Crippen LogP contribution in [0.2, 0.25) is 0 Å². The summed E-state index contributed by atoms with van der Waals surface area (Å²) >= 11 is 0. The highest BCUT2D eigenvalue weighted by molar-refractivity contribution is 6.08. The minimum atomic E-state index is -0.473. The predicted molar refractivity (Wildman–Crippen MR) is 95.1 cm³/mol. The van der Waals surface area contributed by atoms with Gasteiger partial charge in [0.05, 0.1) is 30.9 Å². The first-order valence-corrected chi connectivity index (χ1v) is 7.86. The molecule has 1 aliphatic rings. The lowest BCUT2D eigenvalue weighted by Crippen LogP contribution is -2.33. The predicted octanol–water partition coefficient (Wildman–Crippen LogP) is 3.26. The molecule has 1 N–H and O–H groups in total. The molecular weight excluding hydrogens is 338 g/mol. The van der Waals surface area contributed by atoms with E-state index in [2.05, 4.69) is 10.3 Å². The van der Waals surface area contributed by atoms with Gasteiger partial charge in [0.25, 0.3) is 5.69 Å². The molecule has 8 nitrogen and oxygen atoms in total. The molecule has 0 saturated heterocycles. The Labute approximate surface area is 149 Å². The maximum atomic E-state index is 12.1. The van der Waals surface area contributed by atoms with Crippen molar-refractivity contribution in [3.05, 3.63) is 63.7 Å². The molecule has 2 aromatic rings. The largest absolute Gasteiger partial charge is 0.497 e. The van der Waals surface area contributed by atoms with Crippen LogP contribution < -0.4 is 14.8 Å². The molecule has 26 heavy (non-hydrogen) atoms. The smallest absolute Gasteiger partial charge is 0.341 e. The molecule has 0 spiro atoms. The number of amides is 2. The molecule has 1 heterocycles. The lowest BCUT2D eigenvalue weighted by atomic mass is 9.95. The maximum Gasteiger partial charge on any atom is 0.341 e. The van der Waals surface area contributed by atoms with Crippen molar-refractivity contribution in [1.29, 1.82) is 0 Å². The summed E-state index contributed by atoms with van der Waals surface area (Å²) in [6.45, 7) is 0. The second-order valence-corrected chi connectivity index (χ2v) is 5.68. The van der Waals surface area contributed by atoms with Gasteiger partial charge in [-0.25, -0.2) is 4.79 Å². The van der Waals surface area contributed by atoms with E-state index in [1.165, 1.54) is 12.1 Å². The number of methoxy groups -OCH3 is 2. The molecule has 0 fully saturated rings. The van der Waals surface area contributed by atoms with E-state index in [0.29, 0.717) is 29.2 Å². The number of nitro benzene ring substituents is 1. The molecule has 1 atom stereocenters. The van der Waals surface area contributed by atoms with Gasteiger partial charge in [-0.2, -0.15) is 4.99 Å². The molecule has 134 valence electrons. The van der Waals surface area contributed by atoms with Crippen LogP contribution in [0.3, 0.4) is 0 Å². The normalized spacial score (nSPS) is 16.5. The summed E-state index contributed by atoms with van der Waals surface area (Å²) < 4.78 is 10.7. The van der Waals surface area contributed by atoms with E-state index in [1.54, 1.807) is 38.5 Å². The number of non-ortho nitro benzene ring substituents is 1. The van der Waals surface area contributed by atoms with E-state index >= 15 is 0 Å². The second-order valence-electron chi connectivity index (χ2n) is 5.68. The molecule has 1 aliphatic heterocycles.